The van der Waals surface area contributed by atoms with Gasteiger partial charge >= 0.3 is 205 Å². The number of ether oxygens (including phenoxy) is 2. The number of hydrogen-bond donors (Lipinski definition) is 0. The molecule has 4 aromatic rings. The Morgan fingerprint density at radius 1 is 0.485 bits per heavy atom. The van der Waals surface area contributed by atoms with Crippen LogP contribution in [-0.2, 0) is 0 Å². The van der Waals surface area contributed by atoms with Crippen LogP contribution in [0.1, 0.15) is 0 Å². The zero-order valence-corrected chi connectivity index (χ0v) is 20.9. The van der Waals surface area contributed by atoms with Gasteiger partial charge in [-0.3, -0.25) is 0 Å². The van der Waals surface area contributed by atoms with E-state index in [1.165, 1.54) is 8.79 Å². The van der Waals surface area contributed by atoms with E-state index >= 15 is 0 Å². The summed E-state index contributed by atoms with van der Waals surface area (Å²) in [5.74, 6) is 0.751. The van der Waals surface area contributed by atoms with Crippen molar-refractivity contribution in [3.8, 4) is 11.5 Å². The molecule has 4 aromatic carbocycles. The molecule has 4 rings (SSSR count). The second kappa shape index (κ2) is 10.3. The van der Waals surface area contributed by atoms with Crippen molar-refractivity contribution in [2.24, 2.45) is 0 Å². The molecule has 0 radical (unpaired) electrons. The quantitative estimate of drug-likeness (QED) is 0.268. The van der Waals surface area contributed by atoms with E-state index < -0.39 is 24.1 Å². The summed E-state index contributed by atoms with van der Waals surface area (Å²) in [4.78, 5) is 22.4. The van der Waals surface area contributed by atoms with Crippen molar-refractivity contribution >= 4 is 64.9 Å². The van der Waals surface area contributed by atoms with Crippen LogP contribution in [0.4, 0.5) is 9.59 Å². The van der Waals surface area contributed by atoms with Crippen LogP contribution in [0.5, 0.6) is 11.5 Å². The average Bonchev–Trinajstić information content (AvgIpc) is 2.82. The Bertz CT molecular complexity index is 1140. The van der Waals surface area contributed by atoms with Crippen molar-refractivity contribution in [2.75, 3.05) is 0 Å². The molecule has 7 heteroatoms. The molecule has 0 aliphatic rings. The number of carbonyl (C=O) groups is 2. The van der Waals surface area contributed by atoms with E-state index in [1.807, 2.05) is 60.7 Å². The SMILES string of the molecule is O=C(Cl)Oc1cc[c]([Ge]([c]2ccccc2)([c]2ccccc2)[c]2ccc(OC(=O)Cl)cc2)cc1. The van der Waals surface area contributed by atoms with E-state index in [-0.39, 0.29) is 0 Å². The Kier molecular flexibility index (Phi) is 7.18. The maximum atomic E-state index is 11.2. The summed E-state index contributed by atoms with van der Waals surface area (Å²) >= 11 is 7.28. The first-order chi connectivity index (χ1) is 16.0. The topological polar surface area (TPSA) is 52.6 Å². The van der Waals surface area contributed by atoms with Crippen LogP contribution in [0, 0.1) is 0 Å². The summed E-state index contributed by atoms with van der Waals surface area (Å²) in [7, 11) is 0. The predicted molar refractivity (Wildman–Crippen MR) is 134 cm³/mol. The molecule has 0 saturated carbocycles. The van der Waals surface area contributed by atoms with Crippen molar-refractivity contribution in [1.29, 1.82) is 0 Å². The van der Waals surface area contributed by atoms with Crippen molar-refractivity contribution in [3.63, 3.8) is 0 Å². The third-order valence-corrected chi connectivity index (χ3v) is 15.6. The van der Waals surface area contributed by atoms with Gasteiger partial charge < -0.3 is 0 Å². The van der Waals surface area contributed by atoms with Gasteiger partial charge in [-0.15, -0.1) is 0 Å². The second-order valence-corrected chi connectivity index (χ2v) is 15.8. The Balaban J connectivity index is 1.97. The third-order valence-electron chi connectivity index (χ3n) is 5.38. The summed E-state index contributed by atoms with van der Waals surface area (Å²) in [5.41, 5.74) is -1.77. The van der Waals surface area contributed by atoms with Gasteiger partial charge in [-0.2, -0.15) is 0 Å². The minimum atomic E-state index is -3.49. The zero-order chi connectivity index (χ0) is 23.3. The van der Waals surface area contributed by atoms with Crippen LogP contribution in [0.15, 0.2) is 109 Å². The molecule has 0 atom stereocenters. The number of rotatable bonds is 6. The van der Waals surface area contributed by atoms with Gasteiger partial charge in [-0.25, -0.2) is 0 Å². The van der Waals surface area contributed by atoms with Gasteiger partial charge in [0.15, 0.2) is 0 Å². The summed E-state index contributed by atoms with van der Waals surface area (Å²) in [6.45, 7) is 0. The third kappa shape index (κ3) is 4.98. The van der Waals surface area contributed by atoms with E-state index in [4.69, 9.17) is 32.7 Å². The molecule has 0 saturated heterocycles. The summed E-state index contributed by atoms with van der Waals surface area (Å²) in [5, 5.41) is 0. The molecule has 33 heavy (non-hydrogen) atoms. The molecule has 0 spiro atoms. The number of hydrogen-bond acceptors (Lipinski definition) is 4. The monoisotopic (exact) mass is 538 g/mol. The molecule has 0 aliphatic carbocycles. The molecule has 164 valence electrons. The minimum absolute atomic E-state index is 0.376. The van der Waals surface area contributed by atoms with Gasteiger partial charge in [0.25, 0.3) is 0 Å². The second-order valence-electron chi connectivity index (χ2n) is 7.21. The molecule has 0 heterocycles. The van der Waals surface area contributed by atoms with Gasteiger partial charge in [0, 0.05) is 0 Å². The van der Waals surface area contributed by atoms with E-state index in [9.17, 15) is 9.59 Å². The Morgan fingerprint density at radius 3 is 1.09 bits per heavy atom. The average molecular weight is 538 g/mol. The van der Waals surface area contributed by atoms with Crippen LogP contribution >= 0.6 is 23.2 Å². The first-order valence-electron chi connectivity index (χ1n) is 10.1. The first-order valence-corrected chi connectivity index (χ1v) is 15.0. The van der Waals surface area contributed by atoms with Crippen molar-refractivity contribution in [2.45, 2.75) is 0 Å². The molecule has 0 fully saturated rings. The number of carbonyl (C=O) groups excluding carboxylic acids is 2. The van der Waals surface area contributed by atoms with Gasteiger partial charge in [-0.1, -0.05) is 0 Å². The normalized spacial score (nSPS) is 11.0. The number of benzene rings is 4. The van der Waals surface area contributed by atoms with Gasteiger partial charge in [0.05, 0.1) is 0 Å². The van der Waals surface area contributed by atoms with E-state index in [1.54, 1.807) is 24.3 Å². The summed E-state index contributed by atoms with van der Waals surface area (Å²) < 4.78 is 14.8. The molecule has 0 aromatic heterocycles. The van der Waals surface area contributed by atoms with Crippen LogP contribution in [0.25, 0.3) is 0 Å². The first kappa shape index (κ1) is 23.1. The maximum absolute atomic E-state index is 11.2. The molecule has 0 amide bonds. The van der Waals surface area contributed by atoms with Gasteiger partial charge in [-0.05, 0) is 0 Å². The molecule has 0 bridgehead atoms. The molecule has 0 aliphatic heterocycles. The molecule has 4 nitrogen and oxygen atoms in total. The molecule has 0 unspecified atom stereocenters. The van der Waals surface area contributed by atoms with E-state index in [2.05, 4.69) is 24.3 Å². The van der Waals surface area contributed by atoms with Crippen LogP contribution in [-0.4, -0.2) is 24.1 Å². The van der Waals surface area contributed by atoms with E-state index in [0.717, 1.165) is 8.79 Å². The standard InChI is InChI=1S/C26H18Cl2GeO4/c27-25(30)32-23-15-11-21(12-16-23)29(19-7-3-1-4-8-19,20-9-5-2-6-10-20)22-13-17-24(18-14-22)33-26(28)31/h1-18H. The van der Waals surface area contributed by atoms with Crippen molar-refractivity contribution < 1.29 is 19.1 Å². The summed E-state index contributed by atoms with van der Waals surface area (Å²) in [6.07, 6.45) is 0. The predicted octanol–water partition coefficient (Wildman–Crippen LogP) is 4.54. The van der Waals surface area contributed by atoms with Crippen LogP contribution < -0.4 is 27.1 Å². The fourth-order valence-corrected chi connectivity index (χ4v) is 14.2. The Labute approximate surface area is 204 Å². The fraction of sp³-hybridized carbons (Fsp3) is 0. The molecular weight excluding hydrogens is 520 g/mol. The summed E-state index contributed by atoms with van der Waals surface area (Å²) in [6, 6.07) is 35.7. The van der Waals surface area contributed by atoms with Crippen LogP contribution in [0.3, 0.4) is 0 Å². The Hall–Kier alpha value is -3.06. The van der Waals surface area contributed by atoms with Crippen molar-refractivity contribution in [1.82, 2.24) is 0 Å². The fourth-order valence-electron chi connectivity index (χ4n) is 4.11. The van der Waals surface area contributed by atoms with Gasteiger partial charge in [0.2, 0.25) is 0 Å². The molecular formula is C26H18Cl2GeO4. The van der Waals surface area contributed by atoms with Crippen LogP contribution in [0.2, 0.25) is 0 Å². The van der Waals surface area contributed by atoms with Crippen molar-refractivity contribution in [3.05, 3.63) is 109 Å². The van der Waals surface area contributed by atoms with E-state index in [0.29, 0.717) is 11.5 Å². The Morgan fingerprint density at radius 2 is 0.788 bits per heavy atom. The number of halogens is 2. The van der Waals surface area contributed by atoms with Gasteiger partial charge in [0.1, 0.15) is 0 Å². The molecule has 0 N–H and O–H groups in total. The zero-order valence-electron chi connectivity index (χ0n) is 17.3.